The molecular weight excluding hydrogens is 526 g/mol. The first-order chi connectivity index (χ1) is 19.3. The number of carbonyl (C=O) groups is 4. The summed E-state index contributed by atoms with van der Waals surface area (Å²) in [5.41, 5.74) is 5.49. The molecule has 1 heterocycles. The first-order valence-electron chi connectivity index (χ1n) is 13.6. The highest BCUT2D eigenvalue weighted by atomic mass is 16.6. The van der Waals surface area contributed by atoms with Gasteiger partial charge in [-0.15, -0.1) is 0 Å². The minimum absolute atomic E-state index is 0.0139. The number of nitrogens with two attached hydrogens (primary N) is 1. The maximum absolute atomic E-state index is 12.8. The molecule has 0 aliphatic carbocycles. The zero-order valence-corrected chi connectivity index (χ0v) is 25.1. The van der Waals surface area contributed by atoms with Crippen molar-refractivity contribution in [3.8, 4) is 0 Å². The summed E-state index contributed by atoms with van der Waals surface area (Å²) >= 11 is 0. The molecule has 0 aromatic carbocycles. The van der Waals surface area contributed by atoms with E-state index in [1.54, 1.807) is 30.4 Å². The maximum atomic E-state index is 12.8. The van der Waals surface area contributed by atoms with E-state index in [-0.39, 0.29) is 23.7 Å². The van der Waals surface area contributed by atoms with Crippen molar-refractivity contribution >= 4 is 23.9 Å². The van der Waals surface area contributed by atoms with Gasteiger partial charge in [-0.2, -0.15) is 0 Å². The fourth-order valence-electron chi connectivity index (χ4n) is 3.86. The van der Waals surface area contributed by atoms with Crippen LogP contribution in [0.5, 0.6) is 0 Å². The predicted octanol–water partition coefficient (Wildman–Crippen LogP) is 4.51. The van der Waals surface area contributed by atoms with Crippen LogP contribution in [-0.4, -0.2) is 49.2 Å². The van der Waals surface area contributed by atoms with Gasteiger partial charge in [-0.25, -0.2) is 9.59 Å². The summed E-state index contributed by atoms with van der Waals surface area (Å²) in [6.07, 6.45) is 16.9. The Morgan fingerprint density at radius 1 is 1.20 bits per heavy atom. The fourth-order valence-corrected chi connectivity index (χ4v) is 3.86. The normalized spacial score (nSPS) is 18.7. The number of ether oxygens (including phenoxy) is 3. The molecule has 0 saturated carbocycles. The van der Waals surface area contributed by atoms with Crippen LogP contribution in [0.3, 0.4) is 0 Å². The molecule has 4 unspecified atom stereocenters. The number of rotatable bonds is 14. The molecule has 10 nitrogen and oxygen atoms in total. The lowest BCUT2D eigenvalue weighted by Gasteiger charge is -2.29. The third kappa shape index (κ3) is 13.7. The number of esters is 1. The number of hydrogen-bond donors (Lipinski definition) is 3. The lowest BCUT2D eigenvalue weighted by Crippen LogP contribution is -2.52. The highest BCUT2D eigenvalue weighted by Crippen LogP contribution is 2.23. The van der Waals surface area contributed by atoms with Crippen LogP contribution in [0.15, 0.2) is 72.2 Å². The van der Waals surface area contributed by atoms with Crippen LogP contribution in [0.25, 0.3) is 0 Å². The van der Waals surface area contributed by atoms with Crippen LogP contribution in [0.1, 0.15) is 60.8 Å². The van der Waals surface area contributed by atoms with Crippen molar-refractivity contribution in [2.45, 2.75) is 79.1 Å². The van der Waals surface area contributed by atoms with Gasteiger partial charge in [0.05, 0.1) is 7.11 Å². The second-order valence-electron chi connectivity index (χ2n) is 10.7. The first-order valence-corrected chi connectivity index (χ1v) is 13.6. The van der Waals surface area contributed by atoms with E-state index in [1.165, 1.54) is 19.4 Å². The minimum atomic E-state index is -0.877. The average Bonchev–Trinajstić information content (AvgIpc) is 2.89. The number of carbonyl (C=O) groups excluding carboxylic acids is 4. The van der Waals surface area contributed by atoms with Crippen LogP contribution in [0.2, 0.25) is 0 Å². The number of methoxy groups -OCH3 is 1. The van der Waals surface area contributed by atoms with Gasteiger partial charge in [0.1, 0.15) is 18.2 Å². The number of allylic oxidation sites excluding steroid dienone is 5. The van der Waals surface area contributed by atoms with Gasteiger partial charge >= 0.3 is 12.1 Å². The average molecular weight is 572 g/mol. The molecule has 41 heavy (non-hydrogen) atoms. The molecule has 1 aliphatic rings. The summed E-state index contributed by atoms with van der Waals surface area (Å²) < 4.78 is 15.4. The second kappa shape index (κ2) is 17.6. The number of amides is 3. The molecule has 0 fully saturated rings. The molecule has 1 rings (SSSR count). The molecular formula is C31H45N3O7. The predicted molar refractivity (Wildman–Crippen MR) is 158 cm³/mol. The molecule has 0 spiro atoms. The Labute approximate surface area is 243 Å². The molecule has 0 aromatic heterocycles. The summed E-state index contributed by atoms with van der Waals surface area (Å²) in [6.45, 7) is 11.4. The van der Waals surface area contributed by atoms with Crippen molar-refractivity contribution in [2.24, 2.45) is 17.1 Å². The molecule has 0 radical (unpaired) electrons. The van der Waals surface area contributed by atoms with E-state index in [2.05, 4.69) is 10.6 Å². The Kier molecular flexibility index (Phi) is 15.0. The van der Waals surface area contributed by atoms with Crippen LogP contribution in [-0.2, 0) is 28.6 Å². The Morgan fingerprint density at radius 2 is 1.88 bits per heavy atom. The van der Waals surface area contributed by atoms with Gasteiger partial charge in [-0.05, 0) is 37.1 Å². The standard InChI is InChI=1S/C31H45N3O7/c1-8-9-14-23(40-30(32)38)15-12-19-33-28(36)27(31(4,5)6)34-26(35)16-11-10-13-21(2)20-22(3)24-17-18-25(39-7)29(37)41-24/h9-14,16,18-20,22-24,27H,8,15,17H2,1-7H3,(H2,32,38)(H,33,36)(H,34,35)/b13-10-,14-9+,16-11-,19-12+,21-20+. The van der Waals surface area contributed by atoms with E-state index < -0.39 is 35.5 Å². The summed E-state index contributed by atoms with van der Waals surface area (Å²) in [7, 11) is 1.44. The van der Waals surface area contributed by atoms with Gasteiger partial charge in [0.2, 0.25) is 11.8 Å². The quantitative estimate of drug-likeness (QED) is 0.120. The van der Waals surface area contributed by atoms with E-state index >= 15 is 0 Å². The Morgan fingerprint density at radius 3 is 2.46 bits per heavy atom. The molecule has 4 atom stereocenters. The Hall–Kier alpha value is -4.08. The topological polar surface area (TPSA) is 146 Å². The second-order valence-corrected chi connectivity index (χ2v) is 10.7. The summed E-state index contributed by atoms with van der Waals surface area (Å²) in [5.74, 6) is -1.06. The van der Waals surface area contributed by atoms with Crippen molar-refractivity contribution < 1.29 is 33.4 Å². The van der Waals surface area contributed by atoms with Crippen LogP contribution < -0.4 is 16.4 Å². The summed E-state index contributed by atoms with van der Waals surface area (Å²) in [4.78, 5) is 48.4. The SMILES string of the molecule is CC/C=C/C(C/C=C/NC(=O)C(NC(=O)\C=C/C=C\C(C)=C\C(C)C1CC=C(OC)C(=O)O1)C(C)(C)C)OC(N)=O. The van der Waals surface area contributed by atoms with Gasteiger partial charge in [0.25, 0.3) is 0 Å². The molecule has 226 valence electrons. The van der Waals surface area contributed by atoms with Crippen molar-refractivity contribution in [2.75, 3.05) is 7.11 Å². The number of cyclic esters (lactones) is 1. The molecule has 10 heteroatoms. The lowest BCUT2D eigenvalue weighted by molar-refractivity contribution is -0.151. The highest BCUT2D eigenvalue weighted by molar-refractivity contribution is 5.93. The Balaban J connectivity index is 2.69. The van der Waals surface area contributed by atoms with Gasteiger partial charge in [0.15, 0.2) is 5.76 Å². The molecule has 4 N–H and O–H groups in total. The van der Waals surface area contributed by atoms with Crippen molar-refractivity contribution in [1.82, 2.24) is 10.6 Å². The van der Waals surface area contributed by atoms with Gasteiger partial charge in [-0.3, -0.25) is 9.59 Å². The maximum Gasteiger partial charge on any atom is 0.405 e. The third-order valence-electron chi connectivity index (χ3n) is 6.03. The van der Waals surface area contributed by atoms with Crippen molar-refractivity contribution in [3.05, 3.63) is 72.2 Å². The van der Waals surface area contributed by atoms with Gasteiger partial charge in [0, 0.05) is 24.8 Å². The van der Waals surface area contributed by atoms with E-state index in [4.69, 9.17) is 19.9 Å². The van der Waals surface area contributed by atoms with Crippen LogP contribution in [0, 0.1) is 11.3 Å². The summed E-state index contributed by atoms with van der Waals surface area (Å²) in [6, 6.07) is -0.806. The highest BCUT2D eigenvalue weighted by Gasteiger charge is 2.32. The van der Waals surface area contributed by atoms with E-state index in [1.807, 2.05) is 59.8 Å². The first kappa shape index (κ1) is 34.9. The van der Waals surface area contributed by atoms with Gasteiger partial charge < -0.3 is 30.6 Å². The number of hydrogen-bond acceptors (Lipinski definition) is 7. The van der Waals surface area contributed by atoms with Crippen LogP contribution in [0.4, 0.5) is 4.79 Å². The Bertz CT molecular complexity index is 1090. The zero-order valence-electron chi connectivity index (χ0n) is 25.1. The monoisotopic (exact) mass is 571 g/mol. The molecule has 3 amide bonds. The smallest absolute Gasteiger partial charge is 0.405 e. The minimum Gasteiger partial charge on any atom is -0.490 e. The zero-order chi connectivity index (χ0) is 31.0. The largest absolute Gasteiger partial charge is 0.490 e. The third-order valence-corrected chi connectivity index (χ3v) is 6.03. The molecule has 0 saturated heterocycles. The van der Waals surface area contributed by atoms with Crippen LogP contribution >= 0.6 is 0 Å². The number of primary amides is 1. The molecule has 0 aromatic rings. The lowest BCUT2D eigenvalue weighted by atomic mass is 9.86. The molecule has 0 bridgehead atoms. The molecule has 1 aliphatic heterocycles. The number of nitrogens with one attached hydrogen (secondary N) is 2. The van der Waals surface area contributed by atoms with Crippen molar-refractivity contribution in [1.29, 1.82) is 0 Å². The van der Waals surface area contributed by atoms with E-state index in [0.717, 1.165) is 12.0 Å². The van der Waals surface area contributed by atoms with Crippen molar-refractivity contribution in [3.63, 3.8) is 0 Å². The van der Waals surface area contributed by atoms with Gasteiger partial charge in [-0.1, -0.05) is 76.6 Å². The fraction of sp³-hybridized carbons (Fsp3) is 0.484. The summed E-state index contributed by atoms with van der Waals surface area (Å²) in [5, 5.41) is 5.43. The van der Waals surface area contributed by atoms with E-state index in [0.29, 0.717) is 12.8 Å². The van der Waals surface area contributed by atoms with E-state index in [9.17, 15) is 19.2 Å².